The fourth-order valence-corrected chi connectivity index (χ4v) is 2.87. The van der Waals surface area contributed by atoms with E-state index in [4.69, 9.17) is 32.7 Å². The second-order valence-corrected chi connectivity index (χ2v) is 6.32. The van der Waals surface area contributed by atoms with Crippen LogP contribution in [0, 0.1) is 0 Å². The predicted octanol–water partition coefficient (Wildman–Crippen LogP) is 6.46. The van der Waals surface area contributed by atoms with Crippen molar-refractivity contribution in [3.05, 3.63) is 35.4 Å². The Balaban J connectivity index is 2.17. The van der Waals surface area contributed by atoms with Gasteiger partial charge in [-0.3, -0.25) is 0 Å². The van der Waals surface area contributed by atoms with Crippen molar-refractivity contribution in [2.24, 2.45) is 0 Å². The summed E-state index contributed by atoms with van der Waals surface area (Å²) in [6.07, 6.45) is 5.21. The first-order valence-electron chi connectivity index (χ1n) is 8.30. The maximum atomic E-state index is 6.43. The maximum absolute atomic E-state index is 6.43. The van der Waals surface area contributed by atoms with Crippen LogP contribution in [0.1, 0.15) is 39.0 Å². The maximum Gasteiger partial charge on any atom is 0.145 e. The van der Waals surface area contributed by atoms with Crippen molar-refractivity contribution in [3.8, 4) is 11.5 Å². The molecule has 0 spiro atoms. The summed E-state index contributed by atoms with van der Waals surface area (Å²) in [6.45, 7) is 3.50. The van der Waals surface area contributed by atoms with Gasteiger partial charge >= 0.3 is 0 Å². The monoisotopic (exact) mass is 354 g/mol. The minimum Gasteiger partial charge on any atom is -0.493 e. The highest BCUT2D eigenvalue weighted by Gasteiger charge is 2.13. The van der Waals surface area contributed by atoms with E-state index in [2.05, 4.69) is 6.92 Å². The number of unbranched alkanes of at least 4 members (excludes halogenated alkanes) is 3. The van der Waals surface area contributed by atoms with Gasteiger partial charge in [0.05, 0.1) is 18.2 Å². The minimum atomic E-state index is 0.607. The van der Waals surface area contributed by atoms with Crippen LogP contribution >= 0.6 is 23.2 Å². The third-order valence-electron chi connectivity index (χ3n) is 3.69. The molecule has 0 atom stereocenters. The Hall–Kier alpha value is -1.12. The van der Waals surface area contributed by atoms with Crippen LogP contribution in [0.5, 0.6) is 11.5 Å². The Morgan fingerprint density at radius 3 is 2.39 bits per heavy atom. The molecule has 0 unspecified atom stereocenters. The molecule has 0 bridgehead atoms. The van der Waals surface area contributed by atoms with Crippen LogP contribution in [0.2, 0.25) is 5.02 Å². The average Bonchev–Trinajstić information content (AvgIpc) is 2.57. The largest absolute Gasteiger partial charge is 0.493 e. The normalized spacial score (nSPS) is 10.9. The van der Waals surface area contributed by atoms with Gasteiger partial charge in [0.2, 0.25) is 0 Å². The van der Waals surface area contributed by atoms with Crippen molar-refractivity contribution in [1.82, 2.24) is 0 Å². The summed E-state index contributed by atoms with van der Waals surface area (Å²) in [6, 6.07) is 9.95. The van der Waals surface area contributed by atoms with Gasteiger partial charge in [-0.15, -0.1) is 11.6 Å². The molecule has 0 saturated heterocycles. The number of hydrogen-bond donors (Lipinski definition) is 0. The van der Waals surface area contributed by atoms with Gasteiger partial charge in [-0.05, 0) is 25.7 Å². The molecule has 0 radical (unpaired) electrons. The van der Waals surface area contributed by atoms with Gasteiger partial charge < -0.3 is 9.47 Å². The SMILES string of the molecule is CCCCOc1c(Cl)cc(OCCCCCCl)c2ccccc12. The summed E-state index contributed by atoms with van der Waals surface area (Å²) in [5.41, 5.74) is 0. The van der Waals surface area contributed by atoms with Crippen LogP contribution in [-0.4, -0.2) is 19.1 Å². The fourth-order valence-electron chi connectivity index (χ4n) is 2.42. The molecule has 0 amide bonds. The molecule has 2 aromatic rings. The first-order valence-corrected chi connectivity index (χ1v) is 9.22. The third-order valence-corrected chi connectivity index (χ3v) is 4.24. The smallest absolute Gasteiger partial charge is 0.145 e. The van der Waals surface area contributed by atoms with Gasteiger partial charge in [-0.25, -0.2) is 0 Å². The van der Waals surface area contributed by atoms with Gasteiger partial charge in [0, 0.05) is 22.7 Å². The number of hydrogen-bond acceptors (Lipinski definition) is 2. The van der Waals surface area contributed by atoms with E-state index in [0.29, 0.717) is 24.1 Å². The Kier molecular flexibility index (Phi) is 7.84. The van der Waals surface area contributed by atoms with E-state index >= 15 is 0 Å². The molecule has 2 nitrogen and oxygen atoms in total. The Bertz CT molecular complexity index is 614. The van der Waals surface area contributed by atoms with E-state index in [1.54, 1.807) is 0 Å². The van der Waals surface area contributed by atoms with Crippen molar-refractivity contribution < 1.29 is 9.47 Å². The van der Waals surface area contributed by atoms with E-state index < -0.39 is 0 Å². The van der Waals surface area contributed by atoms with Crippen molar-refractivity contribution in [2.45, 2.75) is 39.0 Å². The van der Waals surface area contributed by atoms with Crippen LogP contribution < -0.4 is 9.47 Å². The van der Waals surface area contributed by atoms with Crippen molar-refractivity contribution in [3.63, 3.8) is 0 Å². The third kappa shape index (κ3) is 5.19. The molecular formula is C19H24Cl2O2. The van der Waals surface area contributed by atoms with Crippen LogP contribution in [0.3, 0.4) is 0 Å². The zero-order valence-corrected chi connectivity index (χ0v) is 15.1. The first-order chi connectivity index (χ1) is 11.3. The zero-order chi connectivity index (χ0) is 16.5. The molecule has 0 heterocycles. The Morgan fingerprint density at radius 2 is 1.65 bits per heavy atom. The van der Waals surface area contributed by atoms with Gasteiger partial charge in [-0.1, -0.05) is 49.2 Å². The molecule has 0 aromatic heterocycles. The second-order valence-electron chi connectivity index (χ2n) is 5.53. The van der Waals surface area contributed by atoms with E-state index in [1.807, 2.05) is 30.3 Å². The fraction of sp³-hybridized carbons (Fsp3) is 0.474. The van der Waals surface area contributed by atoms with Crippen molar-refractivity contribution in [1.29, 1.82) is 0 Å². The van der Waals surface area contributed by atoms with E-state index in [1.165, 1.54) is 0 Å². The van der Waals surface area contributed by atoms with Crippen molar-refractivity contribution in [2.75, 3.05) is 19.1 Å². The van der Waals surface area contributed by atoms with E-state index in [0.717, 1.165) is 54.4 Å². The van der Waals surface area contributed by atoms with Gasteiger partial charge in [-0.2, -0.15) is 0 Å². The molecule has 0 aliphatic rings. The zero-order valence-electron chi connectivity index (χ0n) is 13.6. The highest BCUT2D eigenvalue weighted by molar-refractivity contribution is 6.33. The highest BCUT2D eigenvalue weighted by atomic mass is 35.5. The van der Waals surface area contributed by atoms with E-state index in [9.17, 15) is 0 Å². The van der Waals surface area contributed by atoms with E-state index in [-0.39, 0.29) is 0 Å². The summed E-state index contributed by atoms with van der Waals surface area (Å²) < 4.78 is 11.8. The first kappa shape index (κ1) is 18.2. The second kappa shape index (κ2) is 9.89. The topological polar surface area (TPSA) is 18.5 Å². The standard InChI is InChI=1S/C19H24Cl2O2/c1-2-3-12-23-19-16-10-6-5-9-15(16)18(14-17(19)21)22-13-8-4-7-11-20/h5-6,9-10,14H,2-4,7-8,11-13H2,1H3. The summed E-state index contributed by atoms with van der Waals surface area (Å²) >= 11 is 12.1. The quantitative estimate of drug-likeness (QED) is 0.360. The molecule has 4 heteroatoms. The highest BCUT2D eigenvalue weighted by Crippen LogP contribution is 2.39. The molecule has 0 N–H and O–H groups in total. The number of fused-ring (bicyclic) bond motifs is 1. The molecular weight excluding hydrogens is 331 g/mol. The minimum absolute atomic E-state index is 0.607. The predicted molar refractivity (Wildman–Crippen MR) is 99.4 cm³/mol. The molecule has 2 rings (SSSR count). The molecule has 0 fully saturated rings. The average molecular weight is 355 g/mol. The number of benzene rings is 2. The number of halogens is 2. The lowest BCUT2D eigenvalue weighted by Crippen LogP contribution is -2.01. The molecule has 0 aliphatic carbocycles. The Morgan fingerprint density at radius 1 is 0.913 bits per heavy atom. The molecule has 23 heavy (non-hydrogen) atoms. The van der Waals surface area contributed by atoms with Crippen LogP contribution in [-0.2, 0) is 0 Å². The van der Waals surface area contributed by atoms with Gasteiger partial charge in [0.25, 0.3) is 0 Å². The van der Waals surface area contributed by atoms with Crippen LogP contribution in [0.15, 0.2) is 30.3 Å². The lowest BCUT2D eigenvalue weighted by molar-refractivity contribution is 0.305. The summed E-state index contributed by atoms with van der Waals surface area (Å²) in [5, 5.41) is 2.66. The molecule has 0 saturated carbocycles. The van der Waals surface area contributed by atoms with Crippen LogP contribution in [0.4, 0.5) is 0 Å². The summed E-state index contributed by atoms with van der Waals surface area (Å²) in [5.74, 6) is 2.28. The summed E-state index contributed by atoms with van der Waals surface area (Å²) in [7, 11) is 0. The van der Waals surface area contributed by atoms with Gasteiger partial charge in [0.15, 0.2) is 0 Å². The molecule has 2 aromatic carbocycles. The van der Waals surface area contributed by atoms with Crippen LogP contribution in [0.25, 0.3) is 10.8 Å². The Labute approximate surface area is 148 Å². The van der Waals surface area contributed by atoms with Crippen molar-refractivity contribution >= 4 is 34.0 Å². The molecule has 126 valence electrons. The number of ether oxygens (including phenoxy) is 2. The molecule has 0 aliphatic heterocycles. The lowest BCUT2D eigenvalue weighted by Gasteiger charge is -2.15. The van der Waals surface area contributed by atoms with Gasteiger partial charge in [0.1, 0.15) is 11.5 Å². The summed E-state index contributed by atoms with van der Waals surface area (Å²) in [4.78, 5) is 0. The number of rotatable bonds is 10. The number of alkyl halides is 1. The lowest BCUT2D eigenvalue weighted by atomic mass is 10.1.